The number of likely N-dealkylation sites (tertiary alicyclic amines) is 2. The maximum absolute atomic E-state index is 13.3. The summed E-state index contributed by atoms with van der Waals surface area (Å²) < 4.78 is 7.21. The van der Waals surface area contributed by atoms with Crippen molar-refractivity contribution in [3.63, 3.8) is 0 Å². The molecule has 2 atom stereocenters. The van der Waals surface area contributed by atoms with Crippen molar-refractivity contribution in [1.29, 1.82) is 0 Å². The standard InChI is InChI=1S/C19H30N4O3/c1-5-17(24)22-10-15(16-11-23(13-20-16)14(2)3)19(12-22)6-7-21(18(19)25)8-9-26-4/h11,13-15H,5-10,12H2,1-4H3/t15-,19+/m1/s1. The molecule has 1 aromatic heterocycles. The number of carbonyl (C=O) groups excluding carboxylic acids is 2. The van der Waals surface area contributed by atoms with E-state index in [1.165, 1.54) is 0 Å². The number of carbonyl (C=O) groups is 2. The number of nitrogens with zero attached hydrogens (tertiary/aromatic N) is 4. The van der Waals surface area contributed by atoms with Crippen LogP contribution in [0.25, 0.3) is 0 Å². The first-order chi connectivity index (χ1) is 12.4. The van der Waals surface area contributed by atoms with E-state index in [4.69, 9.17) is 4.74 Å². The molecule has 0 unspecified atom stereocenters. The van der Waals surface area contributed by atoms with E-state index in [-0.39, 0.29) is 17.7 Å². The van der Waals surface area contributed by atoms with Gasteiger partial charge in [-0.1, -0.05) is 6.92 Å². The van der Waals surface area contributed by atoms with Crippen LogP contribution in [0.1, 0.15) is 51.3 Å². The first-order valence-corrected chi connectivity index (χ1v) is 9.52. The number of imidazole rings is 1. The van der Waals surface area contributed by atoms with Gasteiger partial charge >= 0.3 is 0 Å². The molecule has 2 saturated heterocycles. The molecule has 0 saturated carbocycles. The van der Waals surface area contributed by atoms with Crippen LogP contribution in [-0.2, 0) is 14.3 Å². The van der Waals surface area contributed by atoms with Crippen LogP contribution in [0.15, 0.2) is 12.5 Å². The van der Waals surface area contributed by atoms with Gasteiger partial charge in [0.05, 0.1) is 24.0 Å². The van der Waals surface area contributed by atoms with Crippen LogP contribution >= 0.6 is 0 Å². The molecular formula is C19H30N4O3. The van der Waals surface area contributed by atoms with Gasteiger partial charge in [-0.3, -0.25) is 9.59 Å². The van der Waals surface area contributed by atoms with Gasteiger partial charge < -0.3 is 19.1 Å². The quantitative estimate of drug-likeness (QED) is 0.772. The first-order valence-electron chi connectivity index (χ1n) is 9.52. The molecule has 2 aliphatic heterocycles. The van der Waals surface area contributed by atoms with E-state index in [0.29, 0.717) is 38.7 Å². The third-order valence-electron chi connectivity index (χ3n) is 5.88. The van der Waals surface area contributed by atoms with E-state index in [1.54, 1.807) is 7.11 Å². The van der Waals surface area contributed by atoms with E-state index in [1.807, 2.05) is 29.2 Å². The summed E-state index contributed by atoms with van der Waals surface area (Å²) in [6.45, 7) is 9.02. The summed E-state index contributed by atoms with van der Waals surface area (Å²) in [6.07, 6.45) is 5.11. The number of hydrogen-bond acceptors (Lipinski definition) is 4. The number of rotatable bonds is 6. The SMILES string of the molecule is CCC(=O)N1C[C@H](c2cn(C(C)C)cn2)[C@]2(CCN(CCOC)C2=O)C1. The van der Waals surface area contributed by atoms with Crippen LogP contribution < -0.4 is 0 Å². The Labute approximate surface area is 155 Å². The second kappa shape index (κ2) is 7.39. The number of amides is 2. The van der Waals surface area contributed by atoms with Crippen LogP contribution in [0.2, 0.25) is 0 Å². The predicted octanol–water partition coefficient (Wildman–Crippen LogP) is 1.66. The minimum Gasteiger partial charge on any atom is -0.383 e. The second-order valence-corrected chi connectivity index (χ2v) is 7.71. The largest absolute Gasteiger partial charge is 0.383 e. The van der Waals surface area contributed by atoms with Gasteiger partial charge in [-0.2, -0.15) is 0 Å². The fourth-order valence-corrected chi connectivity index (χ4v) is 4.26. The fraction of sp³-hybridized carbons (Fsp3) is 0.737. The molecular weight excluding hydrogens is 332 g/mol. The topological polar surface area (TPSA) is 67.7 Å². The van der Waals surface area contributed by atoms with Crippen molar-refractivity contribution in [2.45, 2.75) is 45.6 Å². The van der Waals surface area contributed by atoms with Crippen molar-refractivity contribution in [1.82, 2.24) is 19.4 Å². The third kappa shape index (κ3) is 3.13. The lowest BCUT2D eigenvalue weighted by atomic mass is 9.75. The average molecular weight is 362 g/mol. The lowest BCUT2D eigenvalue weighted by molar-refractivity contribution is -0.137. The van der Waals surface area contributed by atoms with Crippen molar-refractivity contribution >= 4 is 11.8 Å². The van der Waals surface area contributed by atoms with Gasteiger partial charge in [0.1, 0.15) is 0 Å². The third-order valence-corrected chi connectivity index (χ3v) is 5.88. The highest BCUT2D eigenvalue weighted by molar-refractivity contribution is 5.88. The minimum absolute atomic E-state index is 0.0435. The lowest BCUT2D eigenvalue weighted by Crippen LogP contribution is -2.41. The highest BCUT2D eigenvalue weighted by Crippen LogP contribution is 2.49. The Bertz CT molecular complexity index is 671. The van der Waals surface area contributed by atoms with E-state index in [2.05, 4.69) is 23.4 Å². The maximum atomic E-state index is 13.3. The van der Waals surface area contributed by atoms with Crippen LogP contribution in [0, 0.1) is 5.41 Å². The molecule has 1 spiro atoms. The summed E-state index contributed by atoms with van der Waals surface area (Å²) in [5, 5.41) is 0. The summed E-state index contributed by atoms with van der Waals surface area (Å²) in [4.78, 5) is 34.0. The smallest absolute Gasteiger partial charge is 0.231 e. The Balaban J connectivity index is 1.91. The van der Waals surface area contributed by atoms with Crippen molar-refractivity contribution in [3.8, 4) is 0 Å². The molecule has 3 rings (SSSR count). The molecule has 0 N–H and O–H groups in total. The predicted molar refractivity (Wildman–Crippen MR) is 97.7 cm³/mol. The molecule has 0 bridgehead atoms. The molecule has 2 aliphatic rings. The van der Waals surface area contributed by atoms with Gasteiger partial charge in [0.2, 0.25) is 11.8 Å². The number of methoxy groups -OCH3 is 1. The number of ether oxygens (including phenoxy) is 1. The highest BCUT2D eigenvalue weighted by Gasteiger charge is 2.58. The Morgan fingerprint density at radius 2 is 2.23 bits per heavy atom. The van der Waals surface area contributed by atoms with Crippen LogP contribution in [0.4, 0.5) is 0 Å². The van der Waals surface area contributed by atoms with Crippen LogP contribution in [0.5, 0.6) is 0 Å². The summed E-state index contributed by atoms with van der Waals surface area (Å²) >= 11 is 0. The van der Waals surface area contributed by atoms with Gasteiger partial charge in [0.25, 0.3) is 0 Å². The molecule has 0 aromatic carbocycles. The van der Waals surface area contributed by atoms with Gasteiger partial charge in [0, 0.05) is 57.9 Å². The zero-order chi connectivity index (χ0) is 18.9. The lowest BCUT2D eigenvalue weighted by Gasteiger charge is -2.27. The molecule has 7 nitrogen and oxygen atoms in total. The molecule has 0 aliphatic carbocycles. The van der Waals surface area contributed by atoms with Crippen molar-refractivity contribution in [2.75, 3.05) is 39.9 Å². The zero-order valence-electron chi connectivity index (χ0n) is 16.3. The van der Waals surface area contributed by atoms with Crippen molar-refractivity contribution in [2.24, 2.45) is 5.41 Å². The number of aromatic nitrogens is 2. The molecule has 144 valence electrons. The Morgan fingerprint density at radius 3 is 2.85 bits per heavy atom. The molecule has 3 heterocycles. The second-order valence-electron chi connectivity index (χ2n) is 7.71. The Morgan fingerprint density at radius 1 is 1.46 bits per heavy atom. The van der Waals surface area contributed by atoms with E-state index in [9.17, 15) is 9.59 Å². The first kappa shape index (κ1) is 18.9. The average Bonchev–Trinajstić information content (AvgIpc) is 3.32. The summed E-state index contributed by atoms with van der Waals surface area (Å²) in [7, 11) is 1.65. The number of hydrogen-bond donors (Lipinski definition) is 0. The Kier molecular flexibility index (Phi) is 5.37. The minimum atomic E-state index is -0.547. The highest BCUT2D eigenvalue weighted by atomic mass is 16.5. The van der Waals surface area contributed by atoms with Crippen molar-refractivity contribution in [3.05, 3.63) is 18.2 Å². The zero-order valence-corrected chi connectivity index (χ0v) is 16.3. The maximum Gasteiger partial charge on any atom is 0.231 e. The van der Waals surface area contributed by atoms with Crippen LogP contribution in [-0.4, -0.2) is 71.1 Å². The summed E-state index contributed by atoms with van der Waals surface area (Å²) in [5.41, 5.74) is 0.376. The summed E-state index contributed by atoms with van der Waals surface area (Å²) in [5.74, 6) is 0.210. The van der Waals surface area contributed by atoms with Gasteiger partial charge in [-0.25, -0.2) is 4.98 Å². The van der Waals surface area contributed by atoms with Gasteiger partial charge in [-0.05, 0) is 20.3 Å². The molecule has 0 radical (unpaired) electrons. The van der Waals surface area contributed by atoms with E-state index < -0.39 is 5.41 Å². The molecule has 2 fully saturated rings. The summed E-state index contributed by atoms with van der Waals surface area (Å²) in [6, 6.07) is 0.319. The van der Waals surface area contributed by atoms with Gasteiger partial charge in [0.15, 0.2) is 0 Å². The molecule has 26 heavy (non-hydrogen) atoms. The molecule has 2 amide bonds. The normalized spacial score (nSPS) is 25.9. The molecule has 7 heteroatoms. The monoisotopic (exact) mass is 362 g/mol. The fourth-order valence-electron chi connectivity index (χ4n) is 4.26. The van der Waals surface area contributed by atoms with Gasteiger partial charge in [-0.15, -0.1) is 0 Å². The Hall–Kier alpha value is -1.89. The molecule has 1 aromatic rings. The van der Waals surface area contributed by atoms with Crippen LogP contribution in [0.3, 0.4) is 0 Å². The van der Waals surface area contributed by atoms with Crippen molar-refractivity contribution < 1.29 is 14.3 Å². The van der Waals surface area contributed by atoms with E-state index in [0.717, 1.165) is 18.7 Å². The van der Waals surface area contributed by atoms with E-state index >= 15 is 0 Å².